The van der Waals surface area contributed by atoms with Gasteiger partial charge in [-0.1, -0.05) is 32.9 Å². The van der Waals surface area contributed by atoms with Gasteiger partial charge in [0.15, 0.2) is 0 Å². The average molecular weight is 343 g/mol. The molecule has 0 aliphatic heterocycles. The summed E-state index contributed by atoms with van der Waals surface area (Å²) in [4.78, 5) is 0. The van der Waals surface area contributed by atoms with Crippen LogP contribution in [0.4, 0.5) is 0 Å². The number of rotatable bonds is 1. The second-order valence-corrected chi connectivity index (χ2v) is 11.5. The molecule has 5 saturated carbocycles. The smallest absolute Gasteiger partial charge is 0.0739 e. The van der Waals surface area contributed by atoms with Crippen LogP contribution in [0.15, 0.2) is 12.2 Å². The Morgan fingerprint density at radius 2 is 1.48 bits per heavy atom. The third kappa shape index (κ3) is 1.90. The zero-order chi connectivity index (χ0) is 17.8. The predicted molar refractivity (Wildman–Crippen MR) is 103 cm³/mol. The molecular weight excluding hydrogens is 304 g/mol. The van der Waals surface area contributed by atoms with E-state index in [2.05, 4.69) is 34.3 Å². The highest BCUT2D eigenvalue weighted by Gasteiger charge is 2.75. The molecule has 5 fully saturated rings. The molecular formula is C24H38O. The lowest BCUT2D eigenvalue weighted by Gasteiger charge is -2.56. The summed E-state index contributed by atoms with van der Waals surface area (Å²) in [5, 5.41) is 11.1. The Balaban J connectivity index is 1.41. The normalized spacial score (nSPS) is 58.5. The summed E-state index contributed by atoms with van der Waals surface area (Å²) in [7, 11) is 0. The van der Waals surface area contributed by atoms with Crippen LogP contribution in [0.25, 0.3) is 0 Å². The van der Waals surface area contributed by atoms with Crippen molar-refractivity contribution >= 4 is 0 Å². The van der Waals surface area contributed by atoms with Crippen LogP contribution in [-0.4, -0.2) is 10.7 Å². The molecule has 0 aromatic rings. The molecule has 1 heteroatoms. The van der Waals surface area contributed by atoms with E-state index in [9.17, 15) is 5.11 Å². The van der Waals surface area contributed by atoms with Gasteiger partial charge >= 0.3 is 0 Å². The van der Waals surface area contributed by atoms with Crippen molar-refractivity contribution in [1.82, 2.24) is 0 Å². The summed E-state index contributed by atoms with van der Waals surface area (Å²) in [6, 6.07) is 0. The number of allylic oxidation sites excluding steroid dienone is 1. The second kappa shape index (κ2) is 4.94. The average Bonchev–Trinajstić information content (AvgIpc) is 2.85. The van der Waals surface area contributed by atoms with Crippen LogP contribution in [0.2, 0.25) is 0 Å². The first-order valence-electron chi connectivity index (χ1n) is 11.1. The zero-order valence-corrected chi connectivity index (χ0v) is 16.9. The van der Waals surface area contributed by atoms with E-state index >= 15 is 0 Å². The van der Waals surface area contributed by atoms with Gasteiger partial charge in [0, 0.05) is 0 Å². The van der Waals surface area contributed by atoms with Gasteiger partial charge in [-0.15, -0.1) is 0 Å². The quantitative estimate of drug-likeness (QED) is 0.595. The molecule has 0 unspecified atom stereocenters. The van der Waals surface area contributed by atoms with E-state index in [1.165, 1.54) is 50.5 Å². The molecule has 5 aliphatic rings. The van der Waals surface area contributed by atoms with Crippen molar-refractivity contribution < 1.29 is 5.11 Å². The van der Waals surface area contributed by atoms with Gasteiger partial charge in [-0.2, -0.15) is 0 Å². The highest BCUT2D eigenvalue weighted by molar-refractivity contribution is 5.25. The summed E-state index contributed by atoms with van der Waals surface area (Å²) in [6.45, 7) is 13.9. The molecule has 0 bridgehead atoms. The Hall–Kier alpha value is -0.300. The van der Waals surface area contributed by atoms with Crippen LogP contribution >= 0.6 is 0 Å². The first-order valence-corrected chi connectivity index (χ1v) is 11.1. The lowest BCUT2D eigenvalue weighted by atomic mass is 9.49. The molecule has 1 nitrogen and oxygen atoms in total. The van der Waals surface area contributed by atoms with Crippen molar-refractivity contribution in [3.05, 3.63) is 12.2 Å². The third-order valence-electron chi connectivity index (χ3n) is 10.6. The number of hydrogen-bond acceptors (Lipinski definition) is 1. The van der Waals surface area contributed by atoms with Gasteiger partial charge < -0.3 is 5.11 Å². The fraction of sp³-hybridized carbons (Fsp3) is 0.917. The summed E-state index contributed by atoms with van der Waals surface area (Å²) >= 11 is 0. The first kappa shape index (κ1) is 16.8. The fourth-order valence-electron chi connectivity index (χ4n) is 9.46. The highest BCUT2D eigenvalue weighted by Crippen LogP contribution is 2.75. The molecule has 0 saturated heterocycles. The minimum atomic E-state index is -0.317. The maximum absolute atomic E-state index is 11.1. The number of aliphatic hydroxyl groups is 1. The van der Waals surface area contributed by atoms with Crippen LogP contribution in [0.1, 0.15) is 79.1 Å². The van der Waals surface area contributed by atoms with Gasteiger partial charge in [0.2, 0.25) is 0 Å². The zero-order valence-electron chi connectivity index (χ0n) is 16.9. The molecule has 9 atom stereocenters. The van der Waals surface area contributed by atoms with Crippen LogP contribution in [0, 0.1) is 52.3 Å². The van der Waals surface area contributed by atoms with E-state index < -0.39 is 0 Å². The highest BCUT2D eigenvalue weighted by atomic mass is 16.3. The number of hydrogen-bond donors (Lipinski definition) is 1. The summed E-state index contributed by atoms with van der Waals surface area (Å²) in [5.41, 5.74) is 1.84. The molecule has 140 valence electrons. The van der Waals surface area contributed by atoms with Gasteiger partial charge in [0.1, 0.15) is 0 Å². The molecule has 0 aromatic carbocycles. The lowest BCUT2D eigenvalue weighted by molar-refractivity contribution is -0.0765. The topological polar surface area (TPSA) is 20.2 Å². The van der Waals surface area contributed by atoms with Gasteiger partial charge in [-0.05, 0) is 111 Å². The molecule has 25 heavy (non-hydrogen) atoms. The van der Waals surface area contributed by atoms with Crippen molar-refractivity contribution in [2.45, 2.75) is 84.7 Å². The van der Waals surface area contributed by atoms with E-state index in [0.29, 0.717) is 11.3 Å². The van der Waals surface area contributed by atoms with E-state index in [-0.39, 0.29) is 11.0 Å². The van der Waals surface area contributed by atoms with E-state index in [1.54, 1.807) is 0 Å². The van der Waals surface area contributed by atoms with Crippen LogP contribution in [0.3, 0.4) is 0 Å². The molecule has 0 spiro atoms. The lowest BCUT2D eigenvalue weighted by Crippen LogP contribution is -2.49. The van der Waals surface area contributed by atoms with Crippen molar-refractivity contribution in [2.24, 2.45) is 52.3 Å². The summed E-state index contributed by atoms with van der Waals surface area (Å²) in [5.74, 6) is 5.98. The Kier molecular flexibility index (Phi) is 3.33. The Morgan fingerprint density at radius 3 is 2.20 bits per heavy atom. The Labute approximate surface area is 154 Å². The maximum Gasteiger partial charge on any atom is 0.0739 e. The standard InChI is InChI=1S/C24H38O/c1-14(2)19-8-9-20-17-6-7-18-16(15(17)10-12-23(19,20)5)11-13-24(25)21(18)22(24,3)4/h15-21,25H,1,6-13H2,2-5H3/t15-,16-,17-,18+,19-,20+,21+,23-,24-/m1/s1. The molecule has 5 rings (SSSR count). The van der Waals surface area contributed by atoms with Gasteiger partial charge in [-0.25, -0.2) is 0 Å². The minimum Gasteiger partial charge on any atom is -0.389 e. The molecule has 5 aliphatic carbocycles. The van der Waals surface area contributed by atoms with Crippen LogP contribution in [-0.2, 0) is 0 Å². The second-order valence-electron chi connectivity index (χ2n) is 11.5. The summed E-state index contributed by atoms with van der Waals surface area (Å²) in [6.07, 6.45) is 10.9. The molecule has 0 heterocycles. The molecule has 0 radical (unpaired) electrons. The van der Waals surface area contributed by atoms with Crippen molar-refractivity contribution in [2.75, 3.05) is 0 Å². The van der Waals surface area contributed by atoms with E-state index in [0.717, 1.165) is 41.9 Å². The number of fused-ring (bicyclic) bond motifs is 7. The van der Waals surface area contributed by atoms with E-state index in [1.807, 2.05) is 0 Å². The Morgan fingerprint density at radius 1 is 0.840 bits per heavy atom. The monoisotopic (exact) mass is 342 g/mol. The van der Waals surface area contributed by atoms with Crippen molar-refractivity contribution in [1.29, 1.82) is 0 Å². The third-order valence-corrected chi connectivity index (χ3v) is 10.6. The van der Waals surface area contributed by atoms with Crippen molar-refractivity contribution in [3.8, 4) is 0 Å². The molecule has 0 amide bonds. The van der Waals surface area contributed by atoms with Gasteiger partial charge in [-0.3, -0.25) is 0 Å². The van der Waals surface area contributed by atoms with E-state index in [4.69, 9.17) is 0 Å². The molecule has 0 aromatic heterocycles. The van der Waals surface area contributed by atoms with Crippen molar-refractivity contribution in [3.63, 3.8) is 0 Å². The first-order chi connectivity index (χ1) is 11.7. The summed E-state index contributed by atoms with van der Waals surface area (Å²) < 4.78 is 0. The van der Waals surface area contributed by atoms with Gasteiger partial charge in [0.25, 0.3) is 0 Å². The maximum atomic E-state index is 11.1. The molecule has 1 N–H and O–H groups in total. The predicted octanol–water partition coefficient (Wildman–Crippen LogP) is 5.83. The SMILES string of the molecule is C=C(C)[C@H]1CC[C@H]2[C@@H]3CC[C@H]4[C@H](CC[C@@]5(O)[C@@H]4C5(C)C)[C@H]3CC[C@]12C. The Bertz CT molecular complexity index is 605. The minimum absolute atomic E-state index is 0.181. The van der Waals surface area contributed by atoms with Crippen LogP contribution < -0.4 is 0 Å². The fourth-order valence-corrected chi connectivity index (χ4v) is 9.46. The largest absolute Gasteiger partial charge is 0.389 e. The van der Waals surface area contributed by atoms with Crippen LogP contribution in [0.5, 0.6) is 0 Å². The van der Waals surface area contributed by atoms with Gasteiger partial charge in [0.05, 0.1) is 5.60 Å².